The summed E-state index contributed by atoms with van der Waals surface area (Å²) >= 11 is 0. The molecule has 3 rings (SSSR count). The lowest BCUT2D eigenvalue weighted by molar-refractivity contribution is 0.628. The molecule has 3 nitrogen and oxygen atoms in total. The van der Waals surface area contributed by atoms with Gasteiger partial charge in [-0.05, 0) is 66.7 Å². The number of benzene rings is 3. The number of nitrogen functional groups attached to an aromatic ring is 1. The van der Waals surface area contributed by atoms with Gasteiger partial charge in [-0.2, -0.15) is 0 Å². The van der Waals surface area contributed by atoms with Crippen molar-refractivity contribution in [3.8, 4) is 0 Å². The zero-order chi connectivity index (χ0) is 16.2. The van der Waals surface area contributed by atoms with Crippen molar-refractivity contribution in [3.63, 3.8) is 0 Å². The fourth-order valence-corrected chi connectivity index (χ4v) is 2.36. The normalized spacial score (nSPS) is 10.4. The monoisotopic (exact) mass is 311 g/mol. The molecule has 0 saturated heterocycles. The molecule has 3 aromatic carbocycles. The van der Waals surface area contributed by atoms with Crippen molar-refractivity contribution < 1.29 is 8.78 Å². The van der Waals surface area contributed by atoms with Crippen LogP contribution in [0.1, 0.15) is 0 Å². The number of hydrogen-bond donors (Lipinski definition) is 2. The molecule has 116 valence electrons. The average Bonchev–Trinajstić information content (AvgIpc) is 2.59. The maximum Gasteiger partial charge on any atom is 0.123 e. The molecule has 0 aromatic heterocycles. The summed E-state index contributed by atoms with van der Waals surface area (Å²) < 4.78 is 26.5. The van der Waals surface area contributed by atoms with Gasteiger partial charge in [0.2, 0.25) is 0 Å². The Kier molecular flexibility index (Phi) is 4.21. The van der Waals surface area contributed by atoms with Crippen molar-refractivity contribution in [2.24, 2.45) is 5.84 Å². The lowest BCUT2D eigenvalue weighted by Crippen LogP contribution is -2.12. The molecule has 0 aliphatic carbocycles. The SMILES string of the molecule is NNc1cccc(N(c2ccc(F)cc2)c2ccc(F)cc2)c1. The van der Waals surface area contributed by atoms with Crippen LogP contribution in [0.2, 0.25) is 0 Å². The molecule has 0 atom stereocenters. The second-order valence-electron chi connectivity index (χ2n) is 4.98. The van der Waals surface area contributed by atoms with E-state index in [0.29, 0.717) is 0 Å². The van der Waals surface area contributed by atoms with Crippen molar-refractivity contribution in [1.82, 2.24) is 0 Å². The molecule has 0 unspecified atom stereocenters. The second kappa shape index (κ2) is 6.46. The van der Waals surface area contributed by atoms with Crippen LogP contribution in [-0.4, -0.2) is 0 Å². The van der Waals surface area contributed by atoms with Gasteiger partial charge in [-0.3, -0.25) is 5.84 Å². The minimum Gasteiger partial charge on any atom is -0.324 e. The van der Waals surface area contributed by atoms with E-state index in [1.807, 2.05) is 29.2 Å². The van der Waals surface area contributed by atoms with E-state index in [4.69, 9.17) is 5.84 Å². The molecular weight excluding hydrogens is 296 g/mol. The number of rotatable bonds is 4. The highest BCUT2D eigenvalue weighted by Crippen LogP contribution is 2.35. The van der Waals surface area contributed by atoms with Gasteiger partial charge in [-0.25, -0.2) is 8.78 Å². The van der Waals surface area contributed by atoms with E-state index in [2.05, 4.69) is 5.43 Å². The maximum atomic E-state index is 13.2. The molecule has 0 amide bonds. The van der Waals surface area contributed by atoms with E-state index in [9.17, 15) is 8.78 Å². The molecular formula is C18H15F2N3. The molecule has 0 spiro atoms. The smallest absolute Gasteiger partial charge is 0.123 e. The zero-order valence-electron chi connectivity index (χ0n) is 12.2. The quantitative estimate of drug-likeness (QED) is 0.541. The second-order valence-corrected chi connectivity index (χ2v) is 4.98. The number of nitrogens with zero attached hydrogens (tertiary/aromatic N) is 1. The third-order valence-electron chi connectivity index (χ3n) is 3.44. The Morgan fingerprint density at radius 1 is 0.696 bits per heavy atom. The highest BCUT2D eigenvalue weighted by molar-refractivity contribution is 5.78. The van der Waals surface area contributed by atoms with Crippen LogP contribution in [0.25, 0.3) is 0 Å². The van der Waals surface area contributed by atoms with Gasteiger partial charge in [0.05, 0.1) is 5.69 Å². The number of nitrogens with one attached hydrogen (secondary N) is 1. The number of halogens is 2. The first-order valence-electron chi connectivity index (χ1n) is 7.05. The zero-order valence-corrected chi connectivity index (χ0v) is 12.2. The predicted octanol–water partition coefficient (Wildman–Crippen LogP) is 4.72. The van der Waals surface area contributed by atoms with Gasteiger partial charge in [0, 0.05) is 17.1 Å². The van der Waals surface area contributed by atoms with E-state index in [-0.39, 0.29) is 11.6 Å². The van der Waals surface area contributed by atoms with Gasteiger partial charge >= 0.3 is 0 Å². The molecule has 0 aliphatic rings. The van der Waals surface area contributed by atoms with Gasteiger partial charge < -0.3 is 10.3 Å². The topological polar surface area (TPSA) is 41.3 Å². The van der Waals surface area contributed by atoms with Gasteiger partial charge in [-0.15, -0.1) is 0 Å². The molecule has 5 heteroatoms. The first-order valence-corrected chi connectivity index (χ1v) is 7.05. The van der Waals surface area contributed by atoms with E-state index in [1.54, 1.807) is 24.3 Å². The fraction of sp³-hybridized carbons (Fsp3) is 0. The molecule has 3 aromatic rings. The molecule has 0 radical (unpaired) electrons. The first-order chi connectivity index (χ1) is 11.2. The Morgan fingerprint density at radius 2 is 1.22 bits per heavy atom. The Morgan fingerprint density at radius 3 is 1.70 bits per heavy atom. The Bertz CT molecular complexity index is 741. The third-order valence-corrected chi connectivity index (χ3v) is 3.44. The number of hydrazine groups is 1. The summed E-state index contributed by atoms with van der Waals surface area (Å²) in [6.07, 6.45) is 0. The van der Waals surface area contributed by atoms with Crippen LogP contribution in [-0.2, 0) is 0 Å². The van der Waals surface area contributed by atoms with E-state index >= 15 is 0 Å². The van der Waals surface area contributed by atoms with Crippen molar-refractivity contribution >= 4 is 22.7 Å². The molecule has 23 heavy (non-hydrogen) atoms. The van der Waals surface area contributed by atoms with Crippen LogP contribution < -0.4 is 16.2 Å². The van der Waals surface area contributed by atoms with Crippen molar-refractivity contribution in [2.75, 3.05) is 10.3 Å². The van der Waals surface area contributed by atoms with Crippen LogP contribution in [0.5, 0.6) is 0 Å². The highest BCUT2D eigenvalue weighted by atomic mass is 19.1. The maximum absolute atomic E-state index is 13.2. The average molecular weight is 311 g/mol. The van der Waals surface area contributed by atoms with Gasteiger partial charge in [-0.1, -0.05) is 6.07 Å². The number of anilines is 4. The molecule has 0 saturated carbocycles. The van der Waals surface area contributed by atoms with Crippen LogP contribution in [0, 0.1) is 11.6 Å². The van der Waals surface area contributed by atoms with E-state index < -0.39 is 0 Å². The summed E-state index contributed by atoms with van der Waals surface area (Å²) in [6.45, 7) is 0. The summed E-state index contributed by atoms with van der Waals surface area (Å²) in [6, 6.07) is 19.6. The van der Waals surface area contributed by atoms with Crippen molar-refractivity contribution in [3.05, 3.63) is 84.4 Å². The Hall–Kier alpha value is -2.92. The molecule has 0 fully saturated rings. The molecule has 3 N–H and O–H groups in total. The first kappa shape index (κ1) is 15.0. The molecule has 0 bridgehead atoms. The minimum absolute atomic E-state index is 0.315. The van der Waals surface area contributed by atoms with Crippen LogP contribution in [0.15, 0.2) is 72.8 Å². The summed E-state index contributed by atoms with van der Waals surface area (Å²) in [4.78, 5) is 1.89. The Labute approximate surface area is 132 Å². The third kappa shape index (κ3) is 3.30. The van der Waals surface area contributed by atoms with Gasteiger partial charge in [0.1, 0.15) is 11.6 Å². The largest absolute Gasteiger partial charge is 0.324 e. The summed E-state index contributed by atoms with van der Waals surface area (Å²) in [5, 5.41) is 0. The van der Waals surface area contributed by atoms with Crippen LogP contribution in [0.3, 0.4) is 0 Å². The lowest BCUT2D eigenvalue weighted by Gasteiger charge is -2.25. The van der Waals surface area contributed by atoms with Crippen LogP contribution in [0.4, 0.5) is 31.5 Å². The highest BCUT2D eigenvalue weighted by Gasteiger charge is 2.13. The van der Waals surface area contributed by atoms with E-state index in [0.717, 1.165) is 22.7 Å². The number of nitrogens with two attached hydrogens (primary N) is 1. The van der Waals surface area contributed by atoms with E-state index in [1.165, 1.54) is 24.3 Å². The van der Waals surface area contributed by atoms with Gasteiger partial charge in [0.15, 0.2) is 0 Å². The lowest BCUT2D eigenvalue weighted by atomic mass is 10.2. The van der Waals surface area contributed by atoms with Crippen molar-refractivity contribution in [2.45, 2.75) is 0 Å². The summed E-state index contributed by atoms with van der Waals surface area (Å²) in [5.41, 5.74) is 5.66. The van der Waals surface area contributed by atoms with Gasteiger partial charge in [0.25, 0.3) is 0 Å². The summed E-state index contributed by atoms with van der Waals surface area (Å²) in [7, 11) is 0. The van der Waals surface area contributed by atoms with Crippen LogP contribution >= 0.6 is 0 Å². The summed E-state index contributed by atoms with van der Waals surface area (Å²) in [5.74, 6) is 4.84. The predicted molar refractivity (Wildman–Crippen MR) is 88.9 cm³/mol. The fourth-order valence-electron chi connectivity index (χ4n) is 2.36. The van der Waals surface area contributed by atoms with Crippen molar-refractivity contribution in [1.29, 1.82) is 0 Å². The standard InChI is InChI=1S/C18H15F2N3/c19-13-4-8-16(9-5-13)23(17-10-6-14(20)7-11-17)18-3-1-2-15(12-18)22-21/h1-12,22H,21H2. The number of hydrogen-bond acceptors (Lipinski definition) is 3. The Balaban J connectivity index is 2.12. The molecule has 0 aliphatic heterocycles. The minimum atomic E-state index is -0.315. The molecule has 0 heterocycles.